The van der Waals surface area contributed by atoms with Crippen LogP contribution >= 0.6 is 11.8 Å². The average Bonchev–Trinajstić information content (AvgIpc) is 2.89. The van der Waals surface area contributed by atoms with Crippen molar-refractivity contribution in [2.45, 2.75) is 31.1 Å². The molecule has 2 rings (SSSR count). The first kappa shape index (κ1) is 12.2. The van der Waals surface area contributed by atoms with Crippen LogP contribution in [0.2, 0.25) is 0 Å². The van der Waals surface area contributed by atoms with Gasteiger partial charge in [-0.15, -0.1) is 0 Å². The van der Waals surface area contributed by atoms with Crippen molar-refractivity contribution in [3.63, 3.8) is 0 Å². The van der Waals surface area contributed by atoms with Gasteiger partial charge in [-0.2, -0.15) is 11.8 Å². The number of carbonyl (C=O) groups excluding carboxylic acids is 1. The van der Waals surface area contributed by atoms with Gasteiger partial charge in [-0.3, -0.25) is 4.79 Å². The molecule has 0 spiro atoms. The third-order valence-corrected chi connectivity index (χ3v) is 4.62. The second-order valence-corrected chi connectivity index (χ2v) is 5.76. The molecule has 1 aromatic rings. The minimum absolute atomic E-state index is 0.0970. The third-order valence-electron chi connectivity index (χ3n) is 3.22. The van der Waals surface area contributed by atoms with Crippen molar-refractivity contribution in [2.75, 3.05) is 6.26 Å². The number of ketones is 1. The molecule has 4 nitrogen and oxygen atoms in total. The van der Waals surface area contributed by atoms with Gasteiger partial charge in [0.2, 0.25) is 0 Å². The van der Waals surface area contributed by atoms with Crippen molar-refractivity contribution in [2.24, 2.45) is 0 Å². The largest absolute Gasteiger partial charge is 0.477 e. The lowest BCUT2D eigenvalue weighted by molar-refractivity contribution is 0.0685. The summed E-state index contributed by atoms with van der Waals surface area (Å²) >= 11 is 1.77. The highest BCUT2D eigenvalue weighted by molar-refractivity contribution is 8.00. The molecule has 1 aliphatic carbocycles. The maximum atomic E-state index is 11.3. The van der Waals surface area contributed by atoms with Crippen LogP contribution in [0.15, 0.2) is 12.3 Å². The fourth-order valence-electron chi connectivity index (χ4n) is 1.89. The molecular formula is C12H15NO3S. The van der Waals surface area contributed by atoms with Gasteiger partial charge in [0.05, 0.1) is 0 Å². The summed E-state index contributed by atoms with van der Waals surface area (Å²) in [6.45, 7) is 2.12. The Bertz CT molecular complexity index is 474. The number of nitrogens with zero attached hydrogens (tertiary/aromatic N) is 1. The Balaban J connectivity index is 2.31. The molecule has 0 radical (unpaired) electrons. The van der Waals surface area contributed by atoms with Gasteiger partial charge < -0.3 is 9.67 Å². The van der Waals surface area contributed by atoms with Gasteiger partial charge in [0.15, 0.2) is 5.78 Å². The Hall–Kier alpha value is -1.23. The Morgan fingerprint density at radius 2 is 2.18 bits per heavy atom. The maximum absolute atomic E-state index is 11.3. The Labute approximate surface area is 104 Å². The molecule has 17 heavy (non-hydrogen) atoms. The molecular weight excluding hydrogens is 238 g/mol. The first-order chi connectivity index (χ1) is 7.97. The summed E-state index contributed by atoms with van der Waals surface area (Å²) in [6, 6.07) is 1.46. The van der Waals surface area contributed by atoms with E-state index in [2.05, 4.69) is 0 Å². The first-order valence-electron chi connectivity index (χ1n) is 5.47. The predicted molar refractivity (Wildman–Crippen MR) is 66.9 cm³/mol. The lowest BCUT2D eigenvalue weighted by Gasteiger charge is -2.14. The normalized spacial score (nSPS) is 16.8. The van der Waals surface area contributed by atoms with E-state index in [4.69, 9.17) is 5.11 Å². The summed E-state index contributed by atoms with van der Waals surface area (Å²) in [5, 5.41) is 9.11. The minimum Gasteiger partial charge on any atom is -0.477 e. The standard InChI is InChI=1S/C12H15NO3S/c1-8(14)9-5-10(11(15)16)13(6-9)7-12(17-2)3-4-12/h5-6H,3-4,7H2,1-2H3,(H,15,16). The number of rotatable bonds is 5. The smallest absolute Gasteiger partial charge is 0.352 e. The van der Waals surface area contributed by atoms with E-state index in [0.29, 0.717) is 12.1 Å². The summed E-state index contributed by atoms with van der Waals surface area (Å²) < 4.78 is 1.87. The molecule has 1 fully saturated rings. The average molecular weight is 253 g/mol. The van der Waals surface area contributed by atoms with Gasteiger partial charge in [-0.25, -0.2) is 4.79 Å². The van der Waals surface area contributed by atoms with E-state index in [-0.39, 0.29) is 16.2 Å². The van der Waals surface area contributed by atoms with Crippen LogP contribution in [0.1, 0.15) is 40.6 Å². The molecule has 1 aliphatic rings. The monoisotopic (exact) mass is 253 g/mol. The Morgan fingerprint density at radius 3 is 2.59 bits per heavy atom. The van der Waals surface area contributed by atoms with Crippen LogP contribution in [0.3, 0.4) is 0 Å². The van der Waals surface area contributed by atoms with Crippen LogP contribution in [-0.4, -0.2) is 32.4 Å². The molecule has 1 aromatic heterocycles. The van der Waals surface area contributed by atoms with E-state index in [1.165, 1.54) is 13.0 Å². The molecule has 5 heteroatoms. The maximum Gasteiger partial charge on any atom is 0.352 e. The summed E-state index contributed by atoms with van der Waals surface area (Å²) in [4.78, 5) is 22.4. The quantitative estimate of drug-likeness (QED) is 0.818. The highest BCUT2D eigenvalue weighted by atomic mass is 32.2. The number of hydrogen-bond acceptors (Lipinski definition) is 3. The molecule has 0 aliphatic heterocycles. The molecule has 1 saturated carbocycles. The van der Waals surface area contributed by atoms with E-state index in [0.717, 1.165) is 12.8 Å². The summed E-state index contributed by atoms with van der Waals surface area (Å²) in [7, 11) is 0. The Kier molecular flexibility index (Phi) is 3.03. The molecule has 0 amide bonds. The van der Waals surface area contributed by atoms with E-state index in [1.54, 1.807) is 22.5 Å². The SMILES string of the molecule is CSC1(Cn2cc(C(C)=O)cc2C(=O)O)CC1. The van der Waals surface area contributed by atoms with Crippen molar-refractivity contribution in [1.82, 2.24) is 4.57 Å². The van der Waals surface area contributed by atoms with Crippen molar-refractivity contribution < 1.29 is 14.7 Å². The first-order valence-corrected chi connectivity index (χ1v) is 6.69. The zero-order valence-electron chi connectivity index (χ0n) is 9.90. The fraction of sp³-hybridized carbons (Fsp3) is 0.500. The molecule has 0 unspecified atom stereocenters. The molecule has 0 bridgehead atoms. The molecule has 0 atom stereocenters. The van der Waals surface area contributed by atoms with Crippen LogP contribution in [0, 0.1) is 0 Å². The topological polar surface area (TPSA) is 59.3 Å². The predicted octanol–water partition coefficient (Wildman–Crippen LogP) is 2.28. The van der Waals surface area contributed by atoms with Gasteiger partial charge in [-0.1, -0.05) is 0 Å². The zero-order valence-corrected chi connectivity index (χ0v) is 10.7. The van der Waals surface area contributed by atoms with Crippen LogP contribution < -0.4 is 0 Å². The van der Waals surface area contributed by atoms with Crippen molar-refractivity contribution >= 4 is 23.5 Å². The second-order valence-electron chi connectivity index (χ2n) is 4.49. The Morgan fingerprint density at radius 1 is 1.53 bits per heavy atom. The van der Waals surface area contributed by atoms with Gasteiger partial charge >= 0.3 is 5.97 Å². The van der Waals surface area contributed by atoms with E-state index in [9.17, 15) is 9.59 Å². The lowest BCUT2D eigenvalue weighted by Crippen LogP contribution is -2.17. The molecule has 0 saturated heterocycles. The summed E-state index contributed by atoms with van der Waals surface area (Å²) in [5.74, 6) is -1.07. The van der Waals surface area contributed by atoms with Crippen LogP contribution in [-0.2, 0) is 6.54 Å². The van der Waals surface area contributed by atoms with Gasteiger partial charge in [0.25, 0.3) is 0 Å². The number of carboxylic acids is 1. The summed E-state index contributed by atoms with van der Waals surface area (Å²) in [6.07, 6.45) is 5.92. The molecule has 0 aromatic carbocycles. The number of aromatic nitrogens is 1. The van der Waals surface area contributed by atoms with Crippen LogP contribution in [0.25, 0.3) is 0 Å². The van der Waals surface area contributed by atoms with Gasteiger partial charge in [0.1, 0.15) is 5.69 Å². The third kappa shape index (κ3) is 2.39. The van der Waals surface area contributed by atoms with Crippen molar-refractivity contribution in [3.8, 4) is 0 Å². The number of hydrogen-bond donors (Lipinski definition) is 1. The van der Waals surface area contributed by atoms with Gasteiger partial charge in [0, 0.05) is 23.1 Å². The van der Waals surface area contributed by atoms with Crippen LogP contribution in [0.4, 0.5) is 0 Å². The number of carbonyl (C=O) groups is 2. The highest BCUT2D eigenvalue weighted by Gasteiger charge is 2.42. The van der Waals surface area contributed by atoms with E-state index in [1.807, 2.05) is 6.26 Å². The number of carboxylic acid groups (broad SMARTS) is 1. The molecule has 1 heterocycles. The minimum atomic E-state index is -0.977. The van der Waals surface area contributed by atoms with Crippen LogP contribution in [0.5, 0.6) is 0 Å². The molecule has 92 valence electrons. The number of aromatic carboxylic acids is 1. The number of Topliss-reactive ketones (excluding diaryl/α,β-unsaturated/α-hetero) is 1. The van der Waals surface area contributed by atoms with Crippen molar-refractivity contribution in [3.05, 3.63) is 23.5 Å². The second kappa shape index (κ2) is 4.22. The van der Waals surface area contributed by atoms with E-state index >= 15 is 0 Å². The highest BCUT2D eigenvalue weighted by Crippen LogP contribution is 2.48. The van der Waals surface area contributed by atoms with Crippen molar-refractivity contribution in [1.29, 1.82) is 0 Å². The molecule has 1 N–H and O–H groups in total. The fourth-order valence-corrected chi connectivity index (χ4v) is 2.67. The summed E-state index contributed by atoms with van der Waals surface area (Å²) in [5.41, 5.74) is 0.676. The number of thioether (sulfide) groups is 1. The lowest BCUT2D eigenvalue weighted by atomic mass is 10.2. The van der Waals surface area contributed by atoms with Gasteiger partial charge in [-0.05, 0) is 32.1 Å². The van der Waals surface area contributed by atoms with E-state index < -0.39 is 5.97 Å². The zero-order chi connectivity index (χ0) is 12.6.